The first kappa shape index (κ1) is 16.0. The lowest BCUT2D eigenvalue weighted by molar-refractivity contribution is 0.312. The van der Waals surface area contributed by atoms with Crippen molar-refractivity contribution in [3.05, 3.63) is 48.0 Å². The number of methoxy groups -OCH3 is 1. The maximum absolute atomic E-state index is 12.8. The number of aryl methyl sites for hydroxylation is 1. The molecule has 1 aliphatic rings. The number of ether oxygens (including phenoxy) is 1. The molecule has 0 spiro atoms. The summed E-state index contributed by atoms with van der Waals surface area (Å²) in [6.45, 7) is 2.72. The predicted molar refractivity (Wildman–Crippen MR) is 87.8 cm³/mol. The molecule has 1 unspecified atom stereocenters. The summed E-state index contributed by atoms with van der Waals surface area (Å²) in [5, 5.41) is 0. The molecule has 6 nitrogen and oxygen atoms in total. The van der Waals surface area contributed by atoms with Crippen molar-refractivity contribution in [2.45, 2.75) is 25.7 Å². The van der Waals surface area contributed by atoms with Gasteiger partial charge < -0.3 is 4.74 Å². The largest absolute Gasteiger partial charge is 0.497 e. The molecule has 1 atom stereocenters. The van der Waals surface area contributed by atoms with Crippen molar-refractivity contribution in [3.8, 4) is 5.75 Å². The second kappa shape index (κ2) is 6.33. The van der Waals surface area contributed by atoms with Crippen LogP contribution in [0, 0.1) is 6.92 Å². The summed E-state index contributed by atoms with van der Waals surface area (Å²) in [5.41, 5.74) is 1.12. The molecule has 2 heterocycles. The Bertz CT molecular complexity index is 785. The Labute approximate surface area is 136 Å². The van der Waals surface area contributed by atoms with Crippen LogP contribution in [0.5, 0.6) is 5.75 Å². The van der Waals surface area contributed by atoms with Crippen LogP contribution in [-0.4, -0.2) is 41.9 Å². The summed E-state index contributed by atoms with van der Waals surface area (Å²) in [6, 6.07) is 7.87. The third kappa shape index (κ3) is 3.11. The van der Waals surface area contributed by atoms with Crippen molar-refractivity contribution >= 4 is 10.2 Å². The number of piperidine rings is 1. The normalized spacial score (nSPS) is 19.7. The predicted octanol–water partition coefficient (Wildman–Crippen LogP) is 2.17. The fraction of sp³-hybridized carbons (Fsp3) is 0.438. The minimum atomic E-state index is -3.55. The Morgan fingerprint density at radius 1 is 1.35 bits per heavy atom. The number of hydrogen-bond donors (Lipinski definition) is 0. The molecular weight excluding hydrogens is 314 g/mol. The number of rotatable bonds is 4. The molecule has 1 saturated heterocycles. The molecule has 0 saturated carbocycles. The van der Waals surface area contributed by atoms with Gasteiger partial charge in [0.2, 0.25) is 0 Å². The lowest BCUT2D eigenvalue weighted by Crippen LogP contribution is -2.42. The van der Waals surface area contributed by atoms with E-state index < -0.39 is 10.2 Å². The Balaban J connectivity index is 1.85. The van der Waals surface area contributed by atoms with Crippen molar-refractivity contribution in [3.63, 3.8) is 0 Å². The van der Waals surface area contributed by atoms with E-state index in [9.17, 15) is 8.42 Å². The standard InChI is InChI=1S/C16H21N3O3S/c1-13-17-8-10-19(13)23(20,21)18-9-4-6-15(12-18)14-5-3-7-16(11-14)22-2/h3,5,7-8,10-11,15H,4,6,9,12H2,1-2H3. The van der Waals surface area contributed by atoms with Crippen LogP contribution in [0.4, 0.5) is 0 Å². The third-order valence-electron chi connectivity index (χ3n) is 4.31. The van der Waals surface area contributed by atoms with Crippen molar-refractivity contribution in [1.82, 2.24) is 13.3 Å². The van der Waals surface area contributed by atoms with Crippen LogP contribution in [0.3, 0.4) is 0 Å². The van der Waals surface area contributed by atoms with Crippen LogP contribution in [0.15, 0.2) is 36.7 Å². The fourth-order valence-electron chi connectivity index (χ4n) is 3.05. The quantitative estimate of drug-likeness (QED) is 0.859. The van der Waals surface area contributed by atoms with Crippen molar-refractivity contribution < 1.29 is 13.2 Å². The topological polar surface area (TPSA) is 64.4 Å². The van der Waals surface area contributed by atoms with E-state index >= 15 is 0 Å². The molecule has 0 radical (unpaired) electrons. The van der Waals surface area contributed by atoms with Gasteiger partial charge in [0.05, 0.1) is 7.11 Å². The van der Waals surface area contributed by atoms with E-state index in [0.29, 0.717) is 18.9 Å². The number of aromatic nitrogens is 2. The first-order chi connectivity index (χ1) is 11.0. The van der Waals surface area contributed by atoms with Gasteiger partial charge in [-0.05, 0) is 43.4 Å². The highest BCUT2D eigenvalue weighted by Gasteiger charge is 2.31. The SMILES string of the molecule is COc1cccc(C2CCCN(S(=O)(=O)n3ccnc3C)C2)c1. The third-order valence-corrected chi connectivity index (χ3v) is 6.17. The number of imidazole rings is 1. The highest BCUT2D eigenvalue weighted by Crippen LogP contribution is 2.30. The van der Waals surface area contributed by atoms with Gasteiger partial charge in [0.15, 0.2) is 0 Å². The average molecular weight is 335 g/mol. The van der Waals surface area contributed by atoms with Crippen molar-refractivity contribution in [1.29, 1.82) is 0 Å². The molecule has 23 heavy (non-hydrogen) atoms. The minimum absolute atomic E-state index is 0.178. The Morgan fingerprint density at radius 2 is 2.17 bits per heavy atom. The van der Waals surface area contributed by atoms with Gasteiger partial charge in [-0.25, -0.2) is 8.96 Å². The van der Waals surface area contributed by atoms with Gasteiger partial charge in [-0.3, -0.25) is 0 Å². The molecule has 1 aliphatic heterocycles. The molecule has 0 amide bonds. The van der Waals surface area contributed by atoms with Crippen LogP contribution in [0.25, 0.3) is 0 Å². The van der Waals surface area contributed by atoms with Crippen LogP contribution in [-0.2, 0) is 10.2 Å². The number of hydrogen-bond acceptors (Lipinski definition) is 4. The van der Waals surface area contributed by atoms with E-state index in [1.165, 1.54) is 16.4 Å². The molecule has 124 valence electrons. The summed E-state index contributed by atoms with van der Waals surface area (Å²) >= 11 is 0. The second-order valence-corrected chi connectivity index (χ2v) is 7.56. The molecule has 1 aromatic carbocycles. The zero-order valence-electron chi connectivity index (χ0n) is 13.3. The van der Waals surface area contributed by atoms with Gasteiger partial charge in [0.1, 0.15) is 11.6 Å². The van der Waals surface area contributed by atoms with Gasteiger partial charge in [-0.2, -0.15) is 12.7 Å². The molecule has 1 aromatic heterocycles. The van der Waals surface area contributed by atoms with Gasteiger partial charge in [0.25, 0.3) is 0 Å². The molecule has 2 aromatic rings. The Morgan fingerprint density at radius 3 is 2.87 bits per heavy atom. The van der Waals surface area contributed by atoms with Crippen LogP contribution >= 0.6 is 0 Å². The summed E-state index contributed by atoms with van der Waals surface area (Å²) in [5.74, 6) is 1.46. The Kier molecular flexibility index (Phi) is 4.41. The second-order valence-electron chi connectivity index (χ2n) is 5.75. The summed E-state index contributed by atoms with van der Waals surface area (Å²) in [6.07, 6.45) is 4.83. The zero-order chi connectivity index (χ0) is 16.4. The molecule has 7 heteroatoms. The van der Waals surface area contributed by atoms with Gasteiger partial charge >= 0.3 is 10.2 Å². The minimum Gasteiger partial charge on any atom is -0.497 e. The van der Waals surface area contributed by atoms with Crippen LogP contribution in [0.1, 0.15) is 30.1 Å². The van der Waals surface area contributed by atoms with Gasteiger partial charge in [0, 0.05) is 25.5 Å². The van der Waals surface area contributed by atoms with Crippen molar-refractivity contribution in [2.24, 2.45) is 0 Å². The molecule has 1 fully saturated rings. The highest BCUT2D eigenvalue weighted by atomic mass is 32.2. The maximum Gasteiger partial charge on any atom is 0.308 e. The van der Waals surface area contributed by atoms with E-state index in [1.807, 2.05) is 24.3 Å². The molecule has 0 bridgehead atoms. The molecule has 3 rings (SSSR count). The van der Waals surface area contributed by atoms with Crippen molar-refractivity contribution in [2.75, 3.05) is 20.2 Å². The molecule has 0 N–H and O–H groups in total. The average Bonchev–Trinajstić information content (AvgIpc) is 3.02. The van der Waals surface area contributed by atoms with E-state index in [2.05, 4.69) is 4.98 Å². The summed E-state index contributed by atoms with van der Waals surface area (Å²) in [7, 11) is -1.91. The van der Waals surface area contributed by atoms with Crippen LogP contribution < -0.4 is 4.74 Å². The van der Waals surface area contributed by atoms with Crippen LogP contribution in [0.2, 0.25) is 0 Å². The molecular formula is C16H21N3O3S. The van der Waals surface area contributed by atoms with E-state index in [1.54, 1.807) is 18.3 Å². The molecule has 0 aliphatic carbocycles. The summed E-state index contributed by atoms with van der Waals surface area (Å²) in [4.78, 5) is 4.02. The highest BCUT2D eigenvalue weighted by molar-refractivity contribution is 7.87. The smallest absolute Gasteiger partial charge is 0.308 e. The number of benzene rings is 1. The van der Waals surface area contributed by atoms with E-state index in [4.69, 9.17) is 4.74 Å². The fourth-order valence-corrected chi connectivity index (χ4v) is 4.62. The summed E-state index contributed by atoms with van der Waals surface area (Å²) < 4.78 is 33.7. The zero-order valence-corrected chi connectivity index (χ0v) is 14.2. The lowest BCUT2D eigenvalue weighted by atomic mass is 9.91. The first-order valence-corrected chi connectivity index (χ1v) is 9.06. The van der Waals surface area contributed by atoms with E-state index in [-0.39, 0.29) is 5.92 Å². The first-order valence-electron chi connectivity index (χ1n) is 7.67. The number of nitrogens with zero attached hydrogens (tertiary/aromatic N) is 3. The van der Waals surface area contributed by atoms with Gasteiger partial charge in [-0.15, -0.1) is 0 Å². The van der Waals surface area contributed by atoms with Gasteiger partial charge in [-0.1, -0.05) is 12.1 Å². The lowest BCUT2D eigenvalue weighted by Gasteiger charge is -2.32. The monoisotopic (exact) mass is 335 g/mol. The van der Waals surface area contributed by atoms with E-state index in [0.717, 1.165) is 24.2 Å². The Hall–Kier alpha value is -1.86. The maximum atomic E-state index is 12.8.